The predicted octanol–water partition coefficient (Wildman–Crippen LogP) is 3.24. The highest BCUT2D eigenvalue weighted by Crippen LogP contribution is 2.30. The van der Waals surface area contributed by atoms with E-state index in [4.69, 9.17) is 4.42 Å². The van der Waals surface area contributed by atoms with Gasteiger partial charge in [0, 0.05) is 31.5 Å². The monoisotopic (exact) mass is 341 g/mol. The SMILES string of the molecule is CCN1CCC[C@@H]1[C@H]1CCCN1C(=O)CCc1nc2ccccc2o1. The highest BCUT2D eigenvalue weighted by atomic mass is 16.3. The van der Waals surface area contributed by atoms with Crippen molar-refractivity contribution >= 4 is 17.0 Å². The second kappa shape index (κ2) is 7.16. The van der Waals surface area contributed by atoms with E-state index in [0.717, 1.165) is 37.0 Å². The van der Waals surface area contributed by atoms with Gasteiger partial charge in [-0.25, -0.2) is 4.98 Å². The van der Waals surface area contributed by atoms with Crippen molar-refractivity contribution < 1.29 is 9.21 Å². The molecular formula is C20H27N3O2. The standard InChI is InChI=1S/C20H27N3O2/c1-2-22-13-5-8-16(22)17-9-6-14-23(17)20(24)12-11-19-21-15-7-3-4-10-18(15)25-19/h3-4,7,10,16-17H,2,5-6,8-9,11-14H2,1H3/t16-,17-/m1/s1. The number of para-hydroxylation sites is 2. The van der Waals surface area contributed by atoms with Crippen molar-refractivity contribution in [3.8, 4) is 0 Å². The Morgan fingerprint density at radius 1 is 1.20 bits per heavy atom. The van der Waals surface area contributed by atoms with Crippen molar-refractivity contribution in [1.29, 1.82) is 0 Å². The van der Waals surface area contributed by atoms with Gasteiger partial charge in [0.25, 0.3) is 0 Å². The molecule has 2 aliphatic rings. The number of carbonyl (C=O) groups excluding carboxylic acids is 1. The van der Waals surface area contributed by atoms with Crippen LogP contribution in [0.1, 0.15) is 44.9 Å². The minimum atomic E-state index is 0.257. The summed E-state index contributed by atoms with van der Waals surface area (Å²) >= 11 is 0. The van der Waals surface area contributed by atoms with E-state index in [-0.39, 0.29) is 5.91 Å². The molecule has 0 unspecified atom stereocenters. The zero-order valence-electron chi connectivity index (χ0n) is 15.0. The van der Waals surface area contributed by atoms with E-state index < -0.39 is 0 Å². The van der Waals surface area contributed by atoms with Crippen LogP contribution in [0.2, 0.25) is 0 Å². The van der Waals surface area contributed by atoms with E-state index in [1.165, 1.54) is 19.4 Å². The quantitative estimate of drug-likeness (QED) is 0.838. The topological polar surface area (TPSA) is 49.6 Å². The normalized spacial score (nSPS) is 24.4. The van der Waals surface area contributed by atoms with Gasteiger partial charge in [0.05, 0.1) is 0 Å². The maximum atomic E-state index is 12.8. The van der Waals surface area contributed by atoms with Crippen LogP contribution in [0.4, 0.5) is 0 Å². The van der Waals surface area contributed by atoms with Gasteiger partial charge in [-0.1, -0.05) is 19.1 Å². The van der Waals surface area contributed by atoms with Crippen LogP contribution in [-0.2, 0) is 11.2 Å². The molecular weight excluding hydrogens is 314 g/mol. The molecule has 2 saturated heterocycles. The van der Waals surface area contributed by atoms with E-state index in [2.05, 4.69) is 21.7 Å². The van der Waals surface area contributed by atoms with Crippen molar-refractivity contribution in [2.45, 2.75) is 57.5 Å². The number of hydrogen-bond acceptors (Lipinski definition) is 4. The van der Waals surface area contributed by atoms with Crippen molar-refractivity contribution in [2.24, 2.45) is 0 Å². The van der Waals surface area contributed by atoms with Gasteiger partial charge >= 0.3 is 0 Å². The third kappa shape index (κ3) is 3.30. The van der Waals surface area contributed by atoms with Crippen LogP contribution in [0.25, 0.3) is 11.1 Å². The lowest BCUT2D eigenvalue weighted by atomic mass is 10.0. The molecule has 2 aliphatic heterocycles. The Hall–Kier alpha value is -1.88. The number of benzene rings is 1. The molecule has 2 fully saturated rings. The number of aromatic nitrogens is 1. The molecule has 0 saturated carbocycles. The molecule has 0 N–H and O–H groups in total. The summed E-state index contributed by atoms with van der Waals surface area (Å²) in [6.07, 6.45) is 5.84. The predicted molar refractivity (Wildman–Crippen MR) is 97.3 cm³/mol. The van der Waals surface area contributed by atoms with E-state index in [1.807, 2.05) is 24.3 Å². The molecule has 2 atom stereocenters. The maximum Gasteiger partial charge on any atom is 0.223 e. The molecule has 1 aromatic heterocycles. The van der Waals surface area contributed by atoms with Gasteiger partial charge in [-0.05, 0) is 50.9 Å². The van der Waals surface area contributed by atoms with Crippen molar-refractivity contribution in [3.05, 3.63) is 30.2 Å². The van der Waals surface area contributed by atoms with Crippen LogP contribution in [0, 0.1) is 0 Å². The number of rotatable bonds is 5. The number of aryl methyl sites for hydroxylation is 1. The Balaban J connectivity index is 1.39. The largest absolute Gasteiger partial charge is 0.441 e. The fourth-order valence-electron chi connectivity index (χ4n) is 4.57. The van der Waals surface area contributed by atoms with Crippen LogP contribution in [0.15, 0.2) is 28.7 Å². The molecule has 25 heavy (non-hydrogen) atoms. The summed E-state index contributed by atoms with van der Waals surface area (Å²) in [5, 5.41) is 0. The number of likely N-dealkylation sites (N-methyl/N-ethyl adjacent to an activating group) is 1. The summed E-state index contributed by atoms with van der Waals surface area (Å²) in [5.74, 6) is 0.925. The van der Waals surface area contributed by atoms with Crippen LogP contribution < -0.4 is 0 Å². The van der Waals surface area contributed by atoms with E-state index in [1.54, 1.807) is 0 Å². The Morgan fingerprint density at radius 3 is 2.84 bits per heavy atom. The fraction of sp³-hybridized carbons (Fsp3) is 0.600. The van der Waals surface area contributed by atoms with Gasteiger partial charge in [0.2, 0.25) is 5.91 Å². The molecule has 1 aromatic carbocycles. The lowest BCUT2D eigenvalue weighted by Crippen LogP contribution is -2.48. The van der Waals surface area contributed by atoms with Crippen molar-refractivity contribution in [3.63, 3.8) is 0 Å². The lowest BCUT2D eigenvalue weighted by molar-refractivity contribution is -0.133. The summed E-state index contributed by atoms with van der Waals surface area (Å²) in [7, 11) is 0. The molecule has 0 aliphatic carbocycles. The highest BCUT2D eigenvalue weighted by molar-refractivity contribution is 5.77. The van der Waals surface area contributed by atoms with Crippen molar-refractivity contribution in [2.75, 3.05) is 19.6 Å². The summed E-state index contributed by atoms with van der Waals surface area (Å²) < 4.78 is 5.75. The highest BCUT2D eigenvalue weighted by Gasteiger charge is 2.38. The van der Waals surface area contributed by atoms with Gasteiger partial charge in [-0.2, -0.15) is 0 Å². The first-order valence-corrected chi connectivity index (χ1v) is 9.64. The molecule has 0 radical (unpaired) electrons. The molecule has 134 valence electrons. The number of carbonyl (C=O) groups is 1. The van der Waals surface area contributed by atoms with E-state index in [0.29, 0.717) is 30.8 Å². The minimum Gasteiger partial charge on any atom is -0.441 e. The molecule has 1 amide bonds. The van der Waals surface area contributed by atoms with Gasteiger partial charge in [0.15, 0.2) is 11.5 Å². The summed E-state index contributed by atoms with van der Waals surface area (Å²) in [6, 6.07) is 8.72. The first kappa shape index (κ1) is 16.6. The van der Waals surface area contributed by atoms with Gasteiger partial charge in [0.1, 0.15) is 5.52 Å². The Labute approximate surface area is 149 Å². The molecule has 0 bridgehead atoms. The number of fused-ring (bicyclic) bond motifs is 1. The smallest absolute Gasteiger partial charge is 0.223 e. The molecule has 3 heterocycles. The fourth-order valence-corrected chi connectivity index (χ4v) is 4.57. The first-order valence-electron chi connectivity index (χ1n) is 9.64. The molecule has 5 nitrogen and oxygen atoms in total. The Kier molecular flexibility index (Phi) is 4.75. The van der Waals surface area contributed by atoms with Crippen LogP contribution in [0.5, 0.6) is 0 Å². The first-order chi connectivity index (χ1) is 12.3. The van der Waals surface area contributed by atoms with Crippen molar-refractivity contribution in [1.82, 2.24) is 14.8 Å². The summed E-state index contributed by atoms with van der Waals surface area (Å²) in [6.45, 7) is 5.41. The summed E-state index contributed by atoms with van der Waals surface area (Å²) in [4.78, 5) is 22.0. The third-order valence-electron chi connectivity index (χ3n) is 5.78. The number of hydrogen-bond donors (Lipinski definition) is 0. The number of amides is 1. The van der Waals surface area contributed by atoms with Gasteiger partial charge < -0.3 is 9.32 Å². The molecule has 0 spiro atoms. The number of nitrogens with zero attached hydrogens (tertiary/aromatic N) is 3. The maximum absolute atomic E-state index is 12.8. The second-order valence-electron chi connectivity index (χ2n) is 7.21. The summed E-state index contributed by atoms with van der Waals surface area (Å²) in [5.41, 5.74) is 1.67. The minimum absolute atomic E-state index is 0.257. The number of oxazole rings is 1. The molecule has 5 heteroatoms. The zero-order valence-corrected chi connectivity index (χ0v) is 15.0. The van der Waals surface area contributed by atoms with Crippen LogP contribution in [0.3, 0.4) is 0 Å². The second-order valence-corrected chi connectivity index (χ2v) is 7.21. The number of likely N-dealkylation sites (tertiary alicyclic amines) is 2. The Morgan fingerprint density at radius 2 is 2.00 bits per heavy atom. The zero-order chi connectivity index (χ0) is 17.2. The average Bonchev–Trinajstić information content (AvgIpc) is 3.36. The van der Waals surface area contributed by atoms with Crippen LogP contribution in [-0.4, -0.2) is 52.4 Å². The lowest BCUT2D eigenvalue weighted by Gasteiger charge is -2.34. The molecule has 2 aromatic rings. The van der Waals surface area contributed by atoms with E-state index >= 15 is 0 Å². The third-order valence-corrected chi connectivity index (χ3v) is 5.78. The Bertz CT molecular complexity index is 708. The van der Waals surface area contributed by atoms with Gasteiger partial charge in [-0.15, -0.1) is 0 Å². The molecule has 4 rings (SSSR count). The average molecular weight is 341 g/mol. The van der Waals surface area contributed by atoms with E-state index in [9.17, 15) is 4.79 Å². The van der Waals surface area contributed by atoms with Crippen LogP contribution >= 0.6 is 0 Å². The van der Waals surface area contributed by atoms with Gasteiger partial charge in [-0.3, -0.25) is 9.69 Å².